The topological polar surface area (TPSA) is 73.2 Å². The van der Waals surface area contributed by atoms with Crippen molar-refractivity contribution in [3.63, 3.8) is 0 Å². The van der Waals surface area contributed by atoms with Crippen LogP contribution in [-0.4, -0.2) is 39.4 Å². The molecule has 0 aromatic carbocycles. The molecule has 2 N–H and O–H groups in total. The summed E-state index contributed by atoms with van der Waals surface area (Å²) >= 11 is 0. The van der Waals surface area contributed by atoms with Crippen LogP contribution in [0.5, 0.6) is 0 Å². The largest absolute Gasteiger partial charge is 0.469 e. The van der Waals surface area contributed by atoms with E-state index in [4.69, 9.17) is 9.79 Å². The van der Waals surface area contributed by atoms with Crippen molar-refractivity contribution in [2.45, 2.75) is 0 Å². The monoisotopic (exact) mass is 220 g/mol. The Labute approximate surface area is 82.3 Å². The number of rotatable bonds is 5. The van der Waals surface area contributed by atoms with Crippen molar-refractivity contribution in [3.8, 4) is 0 Å². The minimum Gasteiger partial charge on any atom is -0.356 e. The standard InChI is InChI=1S/C7H13N2O4P/c1-2-8-3-4-9(7-8)5-6-13-14(10,11)12/h2-4H,1,5-7H2,(H2,10,11,12). The van der Waals surface area contributed by atoms with E-state index in [1.807, 2.05) is 22.2 Å². The second kappa shape index (κ2) is 4.61. The quantitative estimate of drug-likeness (QED) is 0.648. The highest BCUT2D eigenvalue weighted by Crippen LogP contribution is 2.35. The molecule has 0 aromatic rings. The molecule has 0 saturated carbocycles. The van der Waals surface area contributed by atoms with Crippen LogP contribution in [0.25, 0.3) is 0 Å². The van der Waals surface area contributed by atoms with Crippen LogP contribution in [0, 0.1) is 0 Å². The number of nitrogens with zero attached hydrogens (tertiary/aromatic N) is 2. The molecule has 0 radical (unpaired) electrons. The van der Waals surface area contributed by atoms with Crippen LogP contribution < -0.4 is 0 Å². The molecular formula is C7H13N2O4P. The van der Waals surface area contributed by atoms with Crippen molar-refractivity contribution >= 4 is 7.82 Å². The average molecular weight is 220 g/mol. The summed E-state index contributed by atoms with van der Waals surface area (Å²) in [4.78, 5) is 20.5. The van der Waals surface area contributed by atoms with Crippen LogP contribution in [0.1, 0.15) is 0 Å². The Bertz CT molecular complexity index is 275. The third-order valence-corrected chi connectivity index (χ3v) is 2.21. The highest BCUT2D eigenvalue weighted by Gasteiger charge is 2.15. The number of phosphoric acid groups is 1. The van der Waals surface area contributed by atoms with Gasteiger partial charge in [0.15, 0.2) is 0 Å². The van der Waals surface area contributed by atoms with E-state index in [0.29, 0.717) is 13.2 Å². The average Bonchev–Trinajstić information content (AvgIpc) is 2.50. The summed E-state index contributed by atoms with van der Waals surface area (Å²) in [5.41, 5.74) is 0. The molecule has 0 bridgehead atoms. The Morgan fingerprint density at radius 3 is 2.79 bits per heavy atom. The predicted molar refractivity (Wildman–Crippen MR) is 50.7 cm³/mol. The minimum absolute atomic E-state index is 0.000396. The van der Waals surface area contributed by atoms with Gasteiger partial charge in [-0.05, 0) is 6.20 Å². The fourth-order valence-electron chi connectivity index (χ4n) is 1.02. The normalized spacial score (nSPS) is 16.4. The lowest BCUT2D eigenvalue weighted by Gasteiger charge is -2.18. The molecule has 80 valence electrons. The fourth-order valence-corrected chi connectivity index (χ4v) is 1.34. The molecule has 7 heteroatoms. The molecule has 1 aliphatic heterocycles. The van der Waals surface area contributed by atoms with Crippen molar-refractivity contribution in [1.29, 1.82) is 0 Å². The Kier molecular flexibility index (Phi) is 3.71. The first-order valence-electron chi connectivity index (χ1n) is 4.02. The highest BCUT2D eigenvalue weighted by molar-refractivity contribution is 7.46. The first kappa shape index (κ1) is 11.3. The Morgan fingerprint density at radius 1 is 1.57 bits per heavy atom. The third-order valence-electron chi connectivity index (χ3n) is 1.69. The van der Waals surface area contributed by atoms with Gasteiger partial charge in [0.05, 0.1) is 13.3 Å². The molecule has 14 heavy (non-hydrogen) atoms. The molecular weight excluding hydrogens is 207 g/mol. The summed E-state index contributed by atoms with van der Waals surface area (Å²) in [6, 6.07) is 0. The van der Waals surface area contributed by atoms with Gasteiger partial charge in [0, 0.05) is 18.9 Å². The van der Waals surface area contributed by atoms with Crippen LogP contribution in [-0.2, 0) is 9.09 Å². The fraction of sp³-hybridized carbons (Fsp3) is 0.429. The summed E-state index contributed by atoms with van der Waals surface area (Å²) in [6.07, 6.45) is 5.30. The zero-order valence-corrected chi connectivity index (χ0v) is 8.51. The Hall–Kier alpha value is -0.810. The van der Waals surface area contributed by atoms with E-state index in [1.165, 1.54) is 0 Å². The SMILES string of the molecule is C=CN1C=CN(CCOP(=O)(O)O)C1. The molecule has 1 aliphatic rings. The van der Waals surface area contributed by atoms with Gasteiger partial charge in [0.2, 0.25) is 0 Å². The number of hydrogen-bond acceptors (Lipinski definition) is 4. The van der Waals surface area contributed by atoms with Crippen LogP contribution in [0.4, 0.5) is 0 Å². The van der Waals surface area contributed by atoms with Gasteiger partial charge in [-0.15, -0.1) is 0 Å². The molecule has 0 aliphatic carbocycles. The predicted octanol–water partition coefficient (Wildman–Crippen LogP) is 0.285. The molecule has 0 aromatic heterocycles. The van der Waals surface area contributed by atoms with Crippen LogP contribution in [0.3, 0.4) is 0 Å². The Balaban J connectivity index is 2.19. The lowest BCUT2D eigenvalue weighted by Crippen LogP contribution is -2.25. The smallest absolute Gasteiger partial charge is 0.356 e. The van der Waals surface area contributed by atoms with Gasteiger partial charge in [-0.2, -0.15) is 0 Å². The molecule has 0 amide bonds. The van der Waals surface area contributed by atoms with Gasteiger partial charge in [0.1, 0.15) is 0 Å². The second-order valence-electron chi connectivity index (χ2n) is 2.77. The van der Waals surface area contributed by atoms with Gasteiger partial charge >= 0.3 is 7.82 Å². The molecule has 0 fully saturated rings. The van der Waals surface area contributed by atoms with E-state index in [9.17, 15) is 4.57 Å². The van der Waals surface area contributed by atoms with Crippen LogP contribution in [0.15, 0.2) is 25.2 Å². The van der Waals surface area contributed by atoms with Gasteiger partial charge in [-0.3, -0.25) is 4.52 Å². The van der Waals surface area contributed by atoms with Gasteiger partial charge in [-0.25, -0.2) is 4.57 Å². The van der Waals surface area contributed by atoms with E-state index >= 15 is 0 Å². The Morgan fingerprint density at radius 2 is 2.29 bits per heavy atom. The lowest BCUT2D eigenvalue weighted by atomic mass is 10.6. The molecule has 0 saturated heterocycles. The zero-order valence-electron chi connectivity index (χ0n) is 7.61. The molecule has 6 nitrogen and oxygen atoms in total. The van der Waals surface area contributed by atoms with Gasteiger partial charge in [0.25, 0.3) is 0 Å². The van der Waals surface area contributed by atoms with Crippen molar-refractivity contribution < 1.29 is 18.9 Å². The molecule has 0 atom stereocenters. The van der Waals surface area contributed by atoms with E-state index in [0.717, 1.165) is 0 Å². The minimum atomic E-state index is -4.33. The van der Waals surface area contributed by atoms with E-state index < -0.39 is 7.82 Å². The summed E-state index contributed by atoms with van der Waals surface area (Å²) in [6.45, 7) is 4.66. The van der Waals surface area contributed by atoms with Crippen molar-refractivity contribution in [1.82, 2.24) is 9.80 Å². The van der Waals surface area contributed by atoms with E-state index in [1.54, 1.807) is 6.20 Å². The maximum Gasteiger partial charge on any atom is 0.469 e. The molecule has 0 spiro atoms. The van der Waals surface area contributed by atoms with Gasteiger partial charge in [-0.1, -0.05) is 6.58 Å². The lowest BCUT2D eigenvalue weighted by molar-refractivity contribution is 0.174. The highest BCUT2D eigenvalue weighted by atomic mass is 31.2. The number of phosphoric ester groups is 1. The summed E-state index contributed by atoms with van der Waals surface area (Å²) < 4.78 is 14.6. The molecule has 1 heterocycles. The maximum absolute atomic E-state index is 10.3. The first-order valence-corrected chi connectivity index (χ1v) is 5.55. The van der Waals surface area contributed by atoms with Crippen molar-refractivity contribution in [2.75, 3.05) is 19.8 Å². The second-order valence-corrected chi connectivity index (χ2v) is 4.01. The zero-order chi connectivity index (χ0) is 10.6. The summed E-state index contributed by atoms with van der Waals surface area (Å²) in [5, 5.41) is 0. The van der Waals surface area contributed by atoms with Crippen LogP contribution in [0.2, 0.25) is 0 Å². The van der Waals surface area contributed by atoms with E-state index in [2.05, 4.69) is 11.1 Å². The number of hydrogen-bond donors (Lipinski definition) is 2. The third kappa shape index (κ3) is 3.93. The molecule has 1 rings (SSSR count). The maximum atomic E-state index is 10.3. The van der Waals surface area contributed by atoms with Crippen LogP contribution >= 0.6 is 7.82 Å². The summed E-state index contributed by atoms with van der Waals surface area (Å²) in [7, 11) is -4.33. The van der Waals surface area contributed by atoms with Crippen molar-refractivity contribution in [3.05, 3.63) is 25.2 Å². The van der Waals surface area contributed by atoms with Crippen molar-refractivity contribution in [2.24, 2.45) is 0 Å². The summed E-state index contributed by atoms with van der Waals surface area (Å²) in [5.74, 6) is 0. The van der Waals surface area contributed by atoms with E-state index in [-0.39, 0.29) is 6.61 Å². The molecule has 0 unspecified atom stereocenters. The van der Waals surface area contributed by atoms with Gasteiger partial charge < -0.3 is 19.6 Å². The first-order chi connectivity index (χ1) is 6.51.